The zero-order valence-corrected chi connectivity index (χ0v) is 11.8. The summed E-state index contributed by atoms with van der Waals surface area (Å²) in [6.07, 6.45) is 1.26. The number of hydrogen-bond acceptors (Lipinski definition) is 4. The number of benzene rings is 1. The largest absolute Gasteiger partial charge is 0.369 e. The Balaban J connectivity index is 2.56. The predicted molar refractivity (Wildman–Crippen MR) is 78.2 cm³/mol. The minimum absolute atomic E-state index is 0.0256. The summed E-state index contributed by atoms with van der Waals surface area (Å²) in [5.41, 5.74) is 5.84. The minimum Gasteiger partial charge on any atom is -0.369 e. The number of primary amides is 1. The summed E-state index contributed by atoms with van der Waals surface area (Å²) in [6.45, 7) is 0.811. The van der Waals surface area contributed by atoms with E-state index in [0.29, 0.717) is 6.42 Å². The third-order valence-electron chi connectivity index (χ3n) is 2.36. The number of anilines is 1. The van der Waals surface area contributed by atoms with Crippen LogP contribution < -0.4 is 16.4 Å². The summed E-state index contributed by atoms with van der Waals surface area (Å²) >= 11 is 1.32. The molecule has 0 spiro atoms. The fourth-order valence-electron chi connectivity index (χ4n) is 1.48. The van der Waals surface area contributed by atoms with Gasteiger partial charge in [-0.05, 0) is 32.1 Å². The minimum atomic E-state index is -0.375. The predicted octanol–water partition coefficient (Wildman–Crippen LogP) is 1.20. The molecule has 1 aromatic rings. The van der Waals surface area contributed by atoms with E-state index in [9.17, 15) is 9.59 Å². The first kappa shape index (κ1) is 15.5. The Bertz CT molecular complexity index is 438. The lowest BCUT2D eigenvalue weighted by Crippen LogP contribution is -2.16. The van der Waals surface area contributed by atoms with Crippen molar-refractivity contribution in [3.63, 3.8) is 0 Å². The van der Waals surface area contributed by atoms with Gasteiger partial charge in [0.05, 0.1) is 11.4 Å². The number of nitrogens with one attached hydrogen (secondary N) is 2. The molecule has 6 heteroatoms. The van der Waals surface area contributed by atoms with Gasteiger partial charge < -0.3 is 16.4 Å². The maximum atomic E-state index is 11.7. The van der Waals surface area contributed by atoms with Crippen molar-refractivity contribution in [1.29, 1.82) is 0 Å². The first-order valence-electron chi connectivity index (χ1n) is 6.08. The number of hydrogen-bond donors (Lipinski definition) is 3. The number of nitrogens with two attached hydrogens (primary N) is 1. The summed E-state index contributed by atoms with van der Waals surface area (Å²) in [4.78, 5) is 23.4. The Hall–Kier alpha value is -1.53. The van der Waals surface area contributed by atoms with Gasteiger partial charge in [-0.2, -0.15) is 0 Å². The van der Waals surface area contributed by atoms with Crippen LogP contribution in [0.4, 0.5) is 5.69 Å². The average molecular weight is 281 g/mol. The molecule has 104 valence electrons. The molecule has 5 nitrogen and oxygen atoms in total. The van der Waals surface area contributed by atoms with E-state index in [4.69, 9.17) is 5.73 Å². The molecule has 1 rings (SSSR count). The van der Waals surface area contributed by atoms with Crippen LogP contribution >= 0.6 is 11.8 Å². The van der Waals surface area contributed by atoms with Crippen molar-refractivity contribution in [3.8, 4) is 0 Å². The fourth-order valence-corrected chi connectivity index (χ4v) is 2.23. The van der Waals surface area contributed by atoms with Crippen molar-refractivity contribution in [2.45, 2.75) is 17.7 Å². The van der Waals surface area contributed by atoms with E-state index in [1.54, 1.807) is 0 Å². The van der Waals surface area contributed by atoms with Crippen LogP contribution in [0.25, 0.3) is 0 Å². The lowest BCUT2D eigenvalue weighted by atomic mass is 10.2. The molecule has 0 heterocycles. The standard InChI is InChI=1S/C13H19N3O2S/c1-15-8-4-7-13(18)16-10-5-2-3-6-11(10)19-9-12(14)17/h2-3,5-6,15H,4,7-9H2,1H3,(H2,14,17)(H,16,18). The van der Waals surface area contributed by atoms with Crippen LogP contribution in [0.15, 0.2) is 29.2 Å². The van der Waals surface area contributed by atoms with Gasteiger partial charge >= 0.3 is 0 Å². The first-order valence-corrected chi connectivity index (χ1v) is 7.06. The fraction of sp³-hybridized carbons (Fsp3) is 0.385. The van der Waals surface area contributed by atoms with Gasteiger partial charge in [0.15, 0.2) is 0 Å². The third kappa shape index (κ3) is 6.26. The van der Waals surface area contributed by atoms with Gasteiger partial charge in [0, 0.05) is 11.3 Å². The maximum Gasteiger partial charge on any atom is 0.227 e. The number of rotatable bonds is 8. The Morgan fingerprint density at radius 3 is 2.74 bits per heavy atom. The Morgan fingerprint density at radius 2 is 2.05 bits per heavy atom. The quantitative estimate of drug-likeness (QED) is 0.494. The van der Waals surface area contributed by atoms with E-state index in [2.05, 4.69) is 10.6 Å². The van der Waals surface area contributed by atoms with E-state index in [0.717, 1.165) is 23.5 Å². The van der Waals surface area contributed by atoms with Crippen LogP contribution in [-0.4, -0.2) is 31.2 Å². The van der Waals surface area contributed by atoms with Crippen molar-refractivity contribution < 1.29 is 9.59 Å². The monoisotopic (exact) mass is 281 g/mol. The summed E-state index contributed by atoms with van der Waals surface area (Å²) in [5.74, 6) is -0.199. The molecule has 0 bridgehead atoms. The highest BCUT2D eigenvalue weighted by atomic mass is 32.2. The molecule has 0 saturated carbocycles. The Labute approximate surface area is 117 Å². The molecule has 0 aromatic heterocycles. The molecule has 4 N–H and O–H groups in total. The van der Waals surface area contributed by atoms with Gasteiger partial charge in [0.1, 0.15) is 0 Å². The van der Waals surface area contributed by atoms with Crippen molar-refractivity contribution in [2.24, 2.45) is 5.73 Å². The van der Waals surface area contributed by atoms with Gasteiger partial charge in [-0.25, -0.2) is 0 Å². The molecule has 0 fully saturated rings. The molecule has 0 aliphatic heterocycles. The van der Waals surface area contributed by atoms with Crippen LogP contribution in [0.2, 0.25) is 0 Å². The number of para-hydroxylation sites is 1. The molecule has 19 heavy (non-hydrogen) atoms. The van der Waals surface area contributed by atoms with Gasteiger partial charge in [-0.3, -0.25) is 9.59 Å². The molecule has 0 aliphatic rings. The third-order valence-corrected chi connectivity index (χ3v) is 3.46. The molecule has 0 atom stereocenters. The molecule has 0 aliphatic carbocycles. The highest BCUT2D eigenvalue weighted by Crippen LogP contribution is 2.26. The summed E-state index contributed by atoms with van der Waals surface area (Å²) in [6, 6.07) is 7.38. The number of carbonyl (C=O) groups excluding carboxylic acids is 2. The Kier molecular flexibility index (Phi) is 6.99. The second-order valence-electron chi connectivity index (χ2n) is 4.01. The lowest BCUT2D eigenvalue weighted by molar-refractivity contribution is -0.116. The molecule has 2 amide bonds. The molecule has 0 unspecified atom stereocenters. The first-order chi connectivity index (χ1) is 9.13. The number of amides is 2. The molecule has 0 radical (unpaired) electrons. The normalized spacial score (nSPS) is 10.2. The molecule has 1 aromatic carbocycles. The van der Waals surface area contributed by atoms with E-state index >= 15 is 0 Å². The smallest absolute Gasteiger partial charge is 0.227 e. The van der Waals surface area contributed by atoms with Crippen LogP contribution in [-0.2, 0) is 9.59 Å². The van der Waals surface area contributed by atoms with E-state index in [1.165, 1.54) is 11.8 Å². The topological polar surface area (TPSA) is 84.2 Å². The van der Waals surface area contributed by atoms with Gasteiger partial charge in [0.2, 0.25) is 11.8 Å². The van der Waals surface area contributed by atoms with Crippen LogP contribution in [0.1, 0.15) is 12.8 Å². The van der Waals surface area contributed by atoms with Crippen molar-refractivity contribution >= 4 is 29.3 Å². The summed E-state index contributed by atoms with van der Waals surface area (Å²) < 4.78 is 0. The summed E-state index contributed by atoms with van der Waals surface area (Å²) in [5, 5.41) is 5.85. The molecule has 0 saturated heterocycles. The highest BCUT2D eigenvalue weighted by Gasteiger charge is 2.07. The van der Waals surface area contributed by atoms with Gasteiger partial charge in [-0.1, -0.05) is 12.1 Å². The maximum absolute atomic E-state index is 11.7. The number of thioether (sulfide) groups is 1. The molecular weight excluding hydrogens is 262 g/mol. The zero-order valence-electron chi connectivity index (χ0n) is 10.9. The lowest BCUT2D eigenvalue weighted by Gasteiger charge is -2.10. The SMILES string of the molecule is CNCCCC(=O)Nc1ccccc1SCC(N)=O. The second kappa shape index (κ2) is 8.55. The highest BCUT2D eigenvalue weighted by molar-refractivity contribution is 8.00. The second-order valence-corrected chi connectivity index (χ2v) is 5.02. The van der Waals surface area contributed by atoms with Crippen LogP contribution in [0.3, 0.4) is 0 Å². The Morgan fingerprint density at radius 1 is 1.32 bits per heavy atom. The average Bonchev–Trinajstić information content (AvgIpc) is 2.38. The van der Waals surface area contributed by atoms with Gasteiger partial charge in [0.25, 0.3) is 0 Å². The van der Waals surface area contributed by atoms with Gasteiger partial charge in [-0.15, -0.1) is 11.8 Å². The van der Waals surface area contributed by atoms with Crippen molar-refractivity contribution in [3.05, 3.63) is 24.3 Å². The zero-order chi connectivity index (χ0) is 14.1. The van der Waals surface area contributed by atoms with Crippen molar-refractivity contribution in [2.75, 3.05) is 24.7 Å². The summed E-state index contributed by atoms with van der Waals surface area (Å²) in [7, 11) is 1.85. The van der Waals surface area contributed by atoms with E-state index in [1.807, 2.05) is 31.3 Å². The van der Waals surface area contributed by atoms with E-state index < -0.39 is 0 Å². The van der Waals surface area contributed by atoms with Crippen LogP contribution in [0.5, 0.6) is 0 Å². The van der Waals surface area contributed by atoms with Crippen molar-refractivity contribution in [1.82, 2.24) is 5.32 Å². The number of carbonyl (C=O) groups is 2. The van der Waals surface area contributed by atoms with E-state index in [-0.39, 0.29) is 17.6 Å². The van der Waals surface area contributed by atoms with Crippen LogP contribution in [0, 0.1) is 0 Å². The molecular formula is C13H19N3O2S.